The van der Waals surface area contributed by atoms with E-state index < -0.39 is 0 Å². The van der Waals surface area contributed by atoms with Gasteiger partial charge in [-0.05, 0) is 66.1 Å². The van der Waals surface area contributed by atoms with Gasteiger partial charge >= 0.3 is 5.97 Å². The predicted molar refractivity (Wildman–Crippen MR) is 141 cm³/mol. The number of carbonyl (C=O) groups is 1. The van der Waals surface area contributed by atoms with Crippen LogP contribution in [-0.4, -0.2) is 33.9 Å². The van der Waals surface area contributed by atoms with Crippen molar-refractivity contribution in [3.8, 4) is 0 Å². The molecule has 3 aromatic carbocycles. The molecule has 0 aliphatic heterocycles. The van der Waals surface area contributed by atoms with E-state index in [9.17, 15) is 4.79 Å². The number of esters is 1. The number of benzene rings is 3. The summed E-state index contributed by atoms with van der Waals surface area (Å²) in [5, 5.41) is 10.8. The van der Waals surface area contributed by atoms with Gasteiger partial charge in [-0.25, -0.2) is 5.06 Å². The Balaban J connectivity index is 1.44. The van der Waals surface area contributed by atoms with Crippen molar-refractivity contribution >= 4 is 23.4 Å². The summed E-state index contributed by atoms with van der Waals surface area (Å²) in [6.07, 6.45) is 2.76. The van der Waals surface area contributed by atoms with Crippen LogP contribution in [0.5, 0.6) is 0 Å². The van der Waals surface area contributed by atoms with E-state index in [0.717, 1.165) is 33.3 Å². The molecule has 0 unspecified atom stereocenters. The first-order chi connectivity index (χ1) is 17.6. The Morgan fingerprint density at radius 3 is 2.33 bits per heavy atom. The molecule has 0 N–H and O–H groups in total. The molecule has 1 heterocycles. The number of hydroxylamine groups is 1. The summed E-state index contributed by atoms with van der Waals surface area (Å²) in [6, 6.07) is 26.5. The molecule has 0 bridgehead atoms. The number of anilines is 1. The molecule has 186 valence electrons. The van der Waals surface area contributed by atoms with E-state index in [1.807, 2.05) is 66.1 Å². The van der Waals surface area contributed by atoms with Crippen molar-refractivity contribution in [3.63, 3.8) is 0 Å². The lowest BCUT2D eigenvalue weighted by Crippen LogP contribution is -2.24. The summed E-state index contributed by atoms with van der Waals surface area (Å²) in [5.41, 5.74) is 4.18. The normalized spacial score (nSPS) is 10.8. The Morgan fingerprint density at radius 2 is 1.67 bits per heavy atom. The van der Waals surface area contributed by atoms with Gasteiger partial charge in [-0.2, -0.15) is 0 Å². The van der Waals surface area contributed by atoms with E-state index >= 15 is 0 Å². The Kier molecular flexibility index (Phi) is 9.13. The van der Waals surface area contributed by atoms with E-state index in [1.165, 1.54) is 5.56 Å². The van der Waals surface area contributed by atoms with Crippen molar-refractivity contribution in [3.05, 3.63) is 102 Å². The minimum Gasteiger partial charge on any atom is -0.466 e. The molecular weight excluding hydrogens is 472 g/mol. The molecular formula is C28H30N4O3S. The summed E-state index contributed by atoms with van der Waals surface area (Å²) in [4.78, 5) is 19.2. The van der Waals surface area contributed by atoms with Crippen LogP contribution in [0.2, 0.25) is 0 Å². The SMILES string of the molecule is CCOC(=O)Cc1ccc(N(Cc2ccc(Sc3nncn3C)cc2)OCCc2ccccc2)cc1. The number of carbonyl (C=O) groups excluding carboxylic acids is 1. The molecule has 0 amide bonds. The number of aromatic nitrogens is 3. The highest BCUT2D eigenvalue weighted by molar-refractivity contribution is 7.99. The second kappa shape index (κ2) is 12.9. The van der Waals surface area contributed by atoms with Crippen LogP contribution < -0.4 is 5.06 Å². The highest BCUT2D eigenvalue weighted by Crippen LogP contribution is 2.26. The Hall–Kier alpha value is -3.62. The maximum absolute atomic E-state index is 11.8. The zero-order valence-corrected chi connectivity index (χ0v) is 21.4. The van der Waals surface area contributed by atoms with Crippen LogP contribution in [0, 0.1) is 0 Å². The van der Waals surface area contributed by atoms with Gasteiger partial charge in [0.15, 0.2) is 5.16 Å². The van der Waals surface area contributed by atoms with Gasteiger partial charge in [0.1, 0.15) is 6.33 Å². The average Bonchev–Trinajstić information content (AvgIpc) is 3.30. The van der Waals surface area contributed by atoms with Gasteiger partial charge in [0, 0.05) is 11.9 Å². The summed E-state index contributed by atoms with van der Waals surface area (Å²) in [6.45, 7) is 3.33. The fourth-order valence-corrected chi connectivity index (χ4v) is 4.35. The topological polar surface area (TPSA) is 69.5 Å². The minimum absolute atomic E-state index is 0.222. The monoisotopic (exact) mass is 502 g/mol. The van der Waals surface area contributed by atoms with Crippen molar-refractivity contribution < 1.29 is 14.4 Å². The number of hydrogen-bond donors (Lipinski definition) is 0. The fraction of sp³-hybridized carbons (Fsp3) is 0.250. The molecule has 4 aromatic rings. The van der Waals surface area contributed by atoms with Crippen LogP contribution >= 0.6 is 11.8 Å². The maximum Gasteiger partial charge on any atom is 0.310 e. The van der Waals surface area contributed by atoms with Crippen molar-refractivity contribution in [1.82, 2.24) is 14.8 Å². The first-order valence-electron chi connectivity index (χ1n) is 11.9. The van der Waals surface area contributed by atoms with Crippen molar-refractivity contribution in [2.45, 2.75) is 36.4 Å². The summed E-state index contributed by atoms with van der Waals surface area (Å²) < 4.78 is 6.96. The number of aryl methyl sites for hydroxylation is 1. The summed E-state index contributed by atoms with van der Waals surface area (Å²) >= 11 is 1.57. The molecule has 0 atom stereocenters. The number of rotatable bonds is 12. The molecule has 0 radical (unpaired) electrons. The van der Waals surface area contributed by atoms with Gasteiger partial charge < -0.3 is 9.30 Å². The smallest absolute Gasteiger partial charge is 0.310 e. The van der Waals surface area contributed by atoms with Gasteiger partial charge in [0.2, 0.25) is 0 Å². The molecule has 0 aliphatic carbocycles. The number of hydrogen-bond acceptors (Lipinski definition) is 7. The second-order valence-corrected chi connectivity index (χ2v) is 9.26. The fourth-order valence-electron chi connectivity index (χ4n) is 3.59. The van der Waals surface area contributed by atoms with Gasteiger partial charge in [0.25, 0.3) is 0 Å². The summed E-state index contributed by atoms with van der Waals surface area (Å²) in [5.74, 6) is -0.222. The Morgan fingerprint density at radius 1 is 0.944 bits per heavy atom. The van der Waals surface area contributed by atoms with Crippen LogP contribution in [0.1, 0.15) is 23.6 Å². The third-order valence-electron chi connectivity index (χ3n) is 5.49. The quantitative estimate of drug-likeness (QED) is 0.193. The molecule has 0 fully saturated rings. The molecule has 0 saturated heterocycles. The maximum atomic E-state index is 11.8. The lowest BCUT2D eigenvalue weighted by molar-refractivity contribution is -0.142. The standard InChI is InChI=1S/C28H30N4O3S/c1-3-34-27(33)19-23-9-13-25(14-10-23)32(35-18-17-22-7-5-4-6-8-22)20-24-11-15-26(16-12-24)36-28-30-29-21-31(28)2/h4-16,21H,3,17-20H2,1-2H3. The highest BCUT2D eigenvalue weighted by Gasteiger charge is 2.11. The van der Waals surface area contributed by atoms with Crippen LogP contribution in [0.3, 0.4) is 0 Å². The Bertz CT molecular complexity index is 1230. The number of nitrogens with zero attached hydrogens (tertiary/aromatic N) is 4. The van der Waals surface area contributed by atoms with Gasteiger partial charge in [-0.15, -0.1) is 10.2 Å². The first-order valence-corrected chi connectivity index (χ1v) is 12.7. The first kappa shape index (κ1) is 25.5. The third kappa shape index (κ3) is 7.44. The third-order valence-corrected chi connectivity index (χ3v) is 6.55. The van der Waals surface area contributed by atoms with Gasteiger partial charge in [-0.1, -0.05) is 54.6 Å². The molecule has 0 saturated carbocycles. The van der Waals surface area contributed by atoms with E-state index in [-0.39, 0.29) is 12.4 Å². The van der Waals surface area contributed by atoms with Crippen LogP contribution in [0.4, 0.5) is 5.69 Å². The molecule has 1 aromatic heterocycles. The molecule has 36 heavy (non-hydrogen) atoms. The van der Waals surface area contributed by atoms with Crippen molar-refractivity contribution in [2.24, 2.45) is 7.05 Å². The minimum atomic E-state index is -0.222. The molecule has 8 heteroatoms. The summed E-state index contributed by atoms with van der Waals surface area (Å²) in [7, 11) is 1.93. The van der Waals surface area contributed by atoms with Crippen molar-refractivity contribution in [1.29, 1.82) is 0 Å². The lowest BCUT2D eigenvalue weighted by Gasteiger charge is -2.24. The lowest BCUT2D eigenvalue weighted by atomic mass is 10.1. The van der Waals surface area contributed by atoms with Crippen LogP contribution in [0.25, 0.3) is 0 Å². The van der Waals surface area contributed by atoms with E-state index in [4.69, 9.17) is 9.57 Å². The molecule has 0 spiro atoms. The van der Waals surface area contributed by atoms with Gasteiger partial charge in [-0.3, -0.25) is 9.63 Å². The zero-order valence-electron chi connectivity index (χ0n) is 20.5. The highest BCUT2D eigenvalue weighted by atomic mass is 32.2. The molecule has 4 rings (SSSR count). The zero-order chi connectivity index (χ0) is 25.2. The predicted octanol–water partition coefficient (Wildman–Crippen LogP) is 5.25. The van der Waals surface area contributed by atoms with Gasteiger partial charge in [0.05, 0.1) is 31.9 Å². The second-order valence-electron chi connectivity index (χ2n) is 8.22. The van der Waals surface area contributed by atoms with E-state index in [0.29, 0.717) is 19.8 Å². The van der Waals surface area contributed by atoms with Crippen molar-refractivity contribution in [2.75, 3.05) is 18.3 Å². The van der Waals surface area contributed by atoms with Crippen LogP contribution in [-0.2, 0) is 40.8 Å². The van der Waals surface area contributed by atoms with E-state index in [1.54, 1.807) is 18.1 Å². The largest absolute Gasteiger partial charge is 0.466 e. The average molecular weight is 503 g/mol. The Labute approximate surface area is 216 Å². The molecule has 0 aliphatic rings. The number of ether oxygens (including phenoxy) is 1. The molecule has 7 nitrogen and oxygen atoms in total. The van der Waals surface area contributed by atoms with Crippen LogP contribution in [0.15, 0.2) is 95.2 Å². The van der Waals surface area contributed by atoms with E-state index in [2.05, 4.69) is 46.6 Å².